The van der Waals surface area contributed by atoms with Gasteiger partial charge in [-0.05, 0) is 97.2 Å². The third-order valence-electron chi connectivity index (χ3n) is 9.78. The van der Waals surface area contributed by atoms with E-state index in [2.05, 4.69) is 48.5 Å². The molecule has 0 saturated heterocycles. The highest BCUT2D eigenvalue weighted by Crippen LogP contribution is 2.64. The highest BCUT2D eigenvalue weighted by molar-refractivity contribution is 5.05. The maximum Gasteiger partial charge on any atom is -0.0269 e. The summed E-state index contributed by atoms with van der Waals surface area (Å²) in [6.07, 6.45) is 14.9. The average Bonchev–Trinajstić information content (AvgIpc) is 2.83. The van der Waals surface area contributed by atoms with E-state index in [-0.39, 0.29) is 0 Å². The van der Waals surface area contributed by atoms with Crippen molar-refractivity contribution < 1.29 is 0 Å². The molecule has 0 heteroatoms. The van der Waals surface area contributed by atoms with Gasteiger partial charge in [-0.15, -0.1) is 0 Å². The van der Waals surface area contributed by atoms with E-state index in [1.54, 1.807) is 0 Å². The number of hydrogen-bond donors (Lipinski definition) is 0. The molecule has 3 aliphatic carbocycles. The number of rotatable bonds is 3. The van der Waals surface area contributed by atoms with Gasteiger partial charge < -0.3 is 0 Å². The zero-order valence-electron chi connectivity index (χ0n) is 18.5. The van der Waals surface area contributed by atoms with Crippen LogP contribution in [0.3, 0.4) is 0 Å². The maximum atomic E-state index is 2.69. The lowest BCUT2D eigenvalue weighted by atomic mass is 9.49. The lowest BCUT2D eigenvalue weighted by Gasteiger charge is -2.56. The summed E-state index contributed by atoms with van der Waals surface area (Å²) in [4.78, 5) is 0. The highest BCUT2D eigenvalue weighted by atomic mass is 14.6. The Bertz CT molecular complexity index is 447. The van der Waals surface area contributed by atoms with E-state index in [0.29, 0.717) is 16.2 Å². The molecule has 0 bridgehead atoms. The van der Waals surface area contributed by atoms with Crippen LogP contribution in [0.1, 0.15) is 113 Å². The van der Waals surface area contributed by atoms with Crippen molar-refractivity contribution in [3.05, 3.63) is 0 Å². The molecule has 0 heterocycles. The van der Waals surface area contributed by atoms with Crippen LogP contribution in [0.4, 0.5) is 0 Å². The second-order valence-electron chi connectivity index (χ2n) is 12.0. The van der Waals surface area contributed by atoms with Gasteiger partial charge in [0.05, 0.1) is 0 Å². The van der Waals surface area contributed by atoms with Gasteiger partial charge in [0.15, 0.2) is 0 Å². The van der Waals surface area contributed by atoms with Crippen LogP contribution in [0.25, 0.3) is 0 Å². The Kier molecular flexibility index (Phi) is 5.43. The van der Waals surface area contributed by atoms with Crippen LogP contribution in [-0.4, -0.2) is 0 Å². The van der Waals surface area contributed by atoms with Gasteiger partial charge in [0.1, 0.15) is 0 Å². The van der Waals surface area contributed by atoms with Gasteiger partial charge in [-0.25, -0.2) is 0 Å². The fourth-order valence-electron chi connectivity index (χ4n) is 7.67. The van der Waals surface area contributed by atoms with Crippen molar-refractivity contribution in [2.24, 2.45) is 45.8 Å². The lowest BCUT2D eigenvalue weighted by molar-refractivity contribution is -0.0632. The van der Waals surface area contributed by atoms with E-state index < -0.39 is 0 Å². The van der Waals surface area contributed by atoms with Gasteiger partial charge in [0.2, 0.25) is 0 Å². The SMILES string of the molecule is CCCC1C(C2(C)CCC(C(C)(C)C)CC2)CCC2(C)C(C)CCC12. The molecule has 3 saturated carbocycles. The molecule has 5 atom stereocenters. The topological polar surface area (TPSA) is 0 Å². The van der Waals surface area contributed by atoms with Gasteiger partial charge in [-0.2, -0.15) is 0 Å². The first-order valence-corrected chi connectivity index (χ1v) is 11.6. The van der Waals surface area contributed by atoms with Gasteiger partial charge in [-0.1, -0.05) is 61.3 Å². The molecule has 25 heavy (non-hydrogen) atoms. The van der Waals surface area contributed by atoms with Crippen molar-refractivity contribution in [2.75, 3.05) is 0 Å². The Morgan fingerprint density at radius 1 is 0.840 bits per heavy atom. The fraction of sp³-hybridized carbons (Fsp3) is 1.00. The summed E-state index contributed by atoms with van der Waals surface area (Å²) in [5.41, 5.74) is 1.81. The third-order valence-corrected chi connectivity index (χ3v) is 9.78. The first-order valence-electron chi connectivity index (χ1n) is 11.6. The minimum Gasteiger partial charge on any atom is -0.0654 e. The van der Waals surface area contributed by atoms with Crippen LogP contribution in [0.5, 0.6) is 0 Å². The van der Waals surface area contributed by atoms with Crippen molar-refractivity contribution in [1.82, 2.24) is 0 Å². The molecule has 0 aliphatic heterocycles. The lowest BCUT2D eigenvalue weighted by Crippen LogP contribution is -2.47. The molecular weight excluding hydrogens is 300 g/mol. The summed E-state index contributed by atoms with van der Waals surface area (Å²) in [5, 5.41) is 0. The van der Waals surface area contributed by atoms with Gasteiger partial charge in [0, 0.05) is 0 Å². The second-order valence-corrected chi connectivity index (χ2v) is 12.0. The zero-order chi connectivity index (χ0) is 18.5. The Morgan fingerprint density at radius 3 is 2.04 bits per heavy atom. The van der Waals surface area contributed by atoms with Crippen LogP contribution in [0.15, 0.2) is 0 Å². The molecule has 0 radical (unpaired) electrons. The molecule has 0 spiro atoms. The van der Waals surface area contributed by atoms with Crippen LogP contribution < -0.4 is 0 Å². The van der Waals surface area contributed by atoms with Crippen molar-refractivity contribution in [3.8, 4) is 0 Å². The summed E-state index contributed by atoms with van der Waals surface area (Å²) in [6.45, 7) is 17.7. The van der Waals surface area contributed by atoms with Crippen molar-refractivity contribution in [1.29, 1.82) is 0 Å². The van der Waals surface area contributed by atoms with Crippen LogP contribution in [0, 0.1) is 45.8 Å². The third kappa shape index (κ3) is 3.45. The standard InChI is InChI=1S/C25H46/c1-8-9-20-21(14-17-25(7)18(2)10-11-22(20)25)24(6)15-12-19(13-16-24)23(3,4)5/h18-22H,8-17H2,1-7H3. The number of hydrogen-bond acceptors (Lipinski definition) is 0. The predicted octanol–water partition coefficient (Wildman–Crippen LogP) is 8.11. The van der Waals surface area contributed by atoms with Gasteiger partial charge in [0.25, 0.3) is 0 Å². The summed E-state index contributed by atoms with van der Waals surface area (Å²) in [7, 11) is 0. The summed E-state index contributed by atoms with van der Waals surface area (Å²) in [5.74, 6) is 4.97. The summed E-state index contributed by atoms with van der Waals surface area (Å²) in [6, 6.07) is 0. The van der Waals surface area contributed by atoms with Crippen LogP contribution >= 0.6 is 0 Å². The minimum atomic E-state index is 0.510. The first kappa shape index (κ1) is 19.8. The molecule has 3 fully saturated rings. The predicted molar refractivity (Wildman–Crippen MR) is 111 cm³/mol. The largest absolute Gasteiger partial charge is 0.0654 e. The molecular formula is C25H46. The first-order chi connectivity index (χ1) is 11.6. The molecule has 0 amide bonds. The molecule has 0 aromatic heterocycles. The average molecular weight is 347 g/mol. The van der Waals surface area contributed by atoms with E-state index in [0.717, 1.165) is 29.6 Å². The molecule has 146 valence electrons. The normalized spacial score (nSPS) is 48.4. The van der Waals surface area contributed by atoms with E-state index in [1.165, 1.54) is 64.2 Å². The van der Waals surface area contributed by atoms with Gasteiger partial charge >= 0.3 is 0 Å². The fourth-order valence-corrected chi connectivity index (χ4v) is 7.67. The molecule has 0 aromatic carbocycles. The van der Waals surface area contributed by atoms with E-state index in [1.807, 2.05) is 0 Å². The Morgan fingerprint density at radius 2 is 1.48 bits per heavy atom. The van der Waals surface area contributed by atoms with Gasteiger partial charge in [-0.3, -0.25) is 0 Å². The molecule has 0 aromatic rings. The molecule has 0 N–H and O–H groups in total. The van der Waals surface area contributed by atoms with Crippen molar-refractivity contribution >= 4 is 0 Å². The Balaban J connectivity index is 1.77. The minimum absolute atomic E-state index is 0.510. The highest BCUT2D eigenvalue weighted by Gasteiger charge is 2.55. The van der Waals surface area contributed by atoms with Crippen molar-refractivity contribution in [3.63, 3.8) is 0 Å². The van der Waals surface area contributed by atoms with Crippen LogP contribution in [0.2, 0.25) is 0 Å². The van der Waals surface area contributed by atoms with Crippen LogP contribution in [-0.2, 0) is 0 Å². The molecule has 3 rings (SSSR count). The zero-order valence-corrected chi connectivity index (χ0v) is 18.5. The second kappa shape index (κ2) is 6.87. The number of fused-ring (bicyclic) bond motifs is 1. The Hall–Kier alpha value is 0. The van der Waals surface area contributed by atoms with Crippen molar-refractivity contribution in [2.45, 2.75) is 113 Å². The monoisotopic (exact) mass is 346 g/mol. The summed E-state index contributed by atoms with van der Waals surface area (Å²) < 4.78 is 0. The quantitative estimate of drug-likeness (QED) is 0.484. The molecule has 3 aliphatic rings. The van der Waals surface area contributed by atoms with E-state index >= 15 is 0 Å². The Labute approximate surface area is 158 Å². The molecule has 0 nitrogen and oxygen atoms in total. The van der Waals surface area contributed by atoms with E-state index in [4.69, 9.17) is 0 Å². The maximum absolute atomic E-state index is 2.69. The smallest absolute Gasteiger partial charge is 0.0269 e. The molecule has 5 unspecified atom stereocenters. The summed E-state index contributed by atoms with van der Waals surface area (Å²) >= 11 is 0. The van der Waals surface area contributed by atoms with E-state index in [9.17, 15) is 0 Å².